The number of aliphatic hydroxyl groups is 1. The summed E-state index contributed by atoms with van der Waals surface area (Å²) in [4.78, 5) is 27.1. The third-order valence-corrected chi connectivity index (χ3v) is 3.92. The third kappa shape index (κ3) is 4.67. The van der Waals surface area contributed by atoms with Crippen molar-refractivity contribution in [2.45, 2.75) is 38.7 Å². The lowest BCUT2D eigenvalue weighted by Crippen LogP contribution is -2.48. The van der Waals surface area contributed by atoms with Crippen LogP contribution in [0.15, 0.2) is 0 Å². The number of rotatable bonds is 4. The predicted molar refractivity (Wildman–Crippen MR) is 77.3 cm³/mol. The number of hydrogen-bond donors (Lipinski definition) is 2. The molecule has 0 spiro atoms. The molecule has 1 fully saturated rings. The van der Waals surface area contributed by atoms with Crippen molar-refractivity contribution in [3.05, 3.63) is 0 Å². The van der Waals surface area contributed by atoms with Gasteiger partial charge >= 0.3 is 6.03 Å². The molecule has 0 radical (unpaired) electrons. The minimum Gasteiger partial charge on any atom is -0.388 e. The highest BCUT2D eigenvalue weighted by Crippen LogP contribution is 2.18. The van der Waals surface area contributed by atoms with Gasteiger partial charge in [-0.05, 0) is 26.2 Å². The smallest absolute Gasteiger partial charge is 0.319 e. The second-order valence-corrected chi connectivity index (χ2v) is 6.01. The summed E-state index contributed by atoms with van der Waals surface area (Å²) in [6.07, 6.45) is 1.96. The first-order chi connectivity index (χ1) is 9.26. The number of urea groups is 1. The number of carbonyl (C=O) groups is 2. The maximum absolute atomic E-state index is 12.0. The van der Waals surface area contributed by atoms with Gasteiger partial charge in [-0.1, -0.05) is 6.92 Å². The van der Waals surface area contributed by atoms with E-state index < -0.39 is 5.60 Å². The van der Waals surface area contributed by atoms with Crippen LogP contribution in [0.2, 0.25) is 0 Å². The van der Waals surface area contributed by atoms with E-state index in [1.165, 1.54) is 0 Å². The Kier molecular flexibility index (Phi) is 5.80. The van der Waals surface area contributed by atoms with Gasteiger partial charge in [0.05, 0.1) is 5.60 Å². The van der Waals surface area contributed by atoms with Crippen molar-refractivity contribution >= 4 is 11.9 Å². The van der Waals surface area contributed by atoms with Crippen LogP contribution in [0.3, 0.4) is 0 Å². The van der Waals surface area contributed by atoms with Crippen LogP contribution in [0.25, 0.3) is 0 Å². The van der Waals surface area contributed by atoms with E-state index in [-0.39, 0.29) is 24.4 Å². The van der Waals surface area contributed by atoms with Crippen molar-refractivity contribution in [2.24, 2.45) is 5.92 Å². The molecule has 1 heterocycles. The molecule has 0 bridgehead atoms. The van der Waals surface area contributed by atoms with Gasteiger partial charge in [-0.2, -0.15) is 0 Å². The molecule has 1 unspecified atom stereocenters. The lowest BCUT2D eigenvalue weighted by atomic mass is 9.95. The van der Waals surface area contributed by atoms with E-state index in [0.29, 0.717) is 32.4 Å². The summed E-state index contributed by atoms with van der Waals surface area (Å²) in [6.45, 7) is 5.10. The third-order valence-electron chi connectivity index (χ3n) is 3.92. The topological polar surface area (TPSA) is 72.9 Å². The zero-order valence-electron chi connectivity index (χ0n) is 13.0. The van der Waals surface area contributed by atoms with E-state index in [0.717, 1.165) is 0 Å². The normalized spacial score (nSPS) is 19.4. The van der Waals surface area contributed by atoms with Crippen LogP contribution in [0, 0.1) is 5.92 Å². The maximum Gasteiger partial charge on any atom is 0.319 e. The highest BCUT2D eigenvalue weighted by molar-refractivity contribution is 5.79. The van der Waals surface area contributed by atoms with Gasteiger partial charge in [0.15, 0.2) is 0 Å². The molecule has 3 amide bonds. The summed E-state index contributed by atoms with van der Waals surface area (Å²) >= 11 is 0. The minimum absolute atomic E-state index is 0.00206. The first-order valence-corrected chi connectivity index (χ1v) is 7.23. The zero-order valence-corrected chi connectivity index (χ0v) is 13.0. The highest BCUT2D eigenvalue weighted by Gasteiger charge is 2.29. The van der Waals surface area contributed by atoms with Gasteiger partial charge in [-0.25, -0.2) is 4.79 Å². The Hall–Kier alpha value is -1.30. The molecule has 0 saturated carbocycles. The van der Waals surface area contributed by atoms with Crippen molar-refractivity contribution in [1.29, 1.82) is 0 Å². The van der Waals surface area contributed by atoms with Crippen molar-refractivity contribution < 1.29 is 14.7 Å². The Bertz CT molecular complexity index is 348. The number of hydrogen-bond acceptors (Lipinski definition) is 3. The van der Waals surface area contributed by atoms with E-state index in [9.17, 15) is 14.7 Å². The molecule has 6 nitrogen and oxygen atoms in total. The SMILES string of the molecule is CCC(C)(O)CNC(=O)C1CCN(C(=O)N(C)C)CC1. The van der Waals surface area contributed by atoms with Crippen molar-refractivity contribution in [3.63, 3.8) is 0 Å². The molecule has 1 aliphatic rings. The number of amides is 3. The lowest BCUT2D eigenvalue weighted by Gasteiger charge is -2.33. The van der Waals surface area contributed by atoms with Crippen molar-refractivity contribution in [2.75, 3.05) is 33.7 Å². The number of carbonyl (C=O) groups excluding carboxylic acids is 2. The second kappa shape index (κ2) is 6.92. The molecule has 1 rings (SSSR count). The predicted octanol–water partition coefficient (Wildman–Crippen LogP) is 0.657. The Morgan fingerprint density at radius 2 is 1.90 bits per heavy atom. The molecule has 0 aliphatic carbocycles. The van der Waals surface area contributed by atoms with Crippen LogP contribution in [0.1, 0.15) is 33.1 Å². The van der Waals surface area contributed by atoms with Crippen LogP contribution in [0.5, 0.6) is 0 Å². The molecule has 0 aromatic rings. The number of piperidine rings is 1. The summed E-state index contributed by atoms with van der Waals surface area (Å²) in [7, 11) is 3.46. The van der Waals surface area contributed by atoms with Crippen molar-refractivity contribution in [1.82, 2.24) is 15.1 Å². The van der Waals surface area contributed by atoms with Crippen LogP contribution < -0.4 is 5.32 Å². The molecule has 0 aromatic heterocycles. The molecule has 1 aliphatic heterocycles. The summed E-state index contributed by atoms with van der Waals surface area (Å²) in [5, 5.41) is 12.7. The Morgan fingerprint density at radius 1 is 1.35 bits per heavy atom. The lowest BCUT2D eigenvalue weighted by molar-refractivity contribution is -0.127. The summed E-state index contributed by atoms with van der Waals surface area (Å²) in [5.74, 6) is -0.0791. The molecular formula is C14H27N3O3. The maximum atomic E-state index is 12.0. The van der Waals surface area contributed by atoms with Gasteiger partial charge in [0, 0.05) is 39.6 Å². The molecule has 6 heteroatoms. The van der Waals surface area contributed by atoms with Crippen LogP contribution >= 0.6 is 0 Å². The fraction of sp³-hybridized carbons (Fsp3) is 0.857. The largest absolute Gasteiger partial charge is 0.388 e. The second-order valence-electron chi connectivity index (χ2n) is 6.01. The van der Waals surface area contributed by atoms with Gasteiger partial charge < -0.3 is 20.2 Å². The summed E-state index contributed by atoms with van der Waals surface area (Å²) in [5.41, 5.74) is -0.850. The van der Waals surface area contributed by atoms with Gasteiger partial charge in [-0.3, -0.25) is 4.79 Å². The molecular weight excluding hydrogens is 258 g/mol. The minimum atomic E-state index is -0.850. The van der Waals surface area contributed by atoms with Gasteiger partial charge in [0.25, 0.3) is 0 Å². The van der Waals surface area contributed by atoms with Gasteiger partial charge in [-0.15, -0.1) is 0 Å². The van der Waals surface area contributed by atoms with E-state index >= 15 is 0 Å². The summed E-state index contributed by atoms with van der Waals surface area (Å²) < 4.78 is 0. The van der Waals surface area contributed by atoms with E-state index in [2.05, 4.69) is 5.32 Å². The first kappa shape index (κ1) is 16.8. The standard InChI is InChI=1S/C14H27N3O3/c1-5-14(2,20)10-15-12(18)11-6-8-17(9-7-11)13(19)16(3)4/h11,20H,5-10H2,1-4H3,(H,15,18). The van der Waals surface area contributed by atoms with E-state index in [4.69, 9.17) is 0 Å². The first-order valence-electron chi connectivity index (χ1n) is 7.23. The van der Waals surface area contributed by atoms with Crippen LogP contribution in [0.4, 0.5) is 4.79 Å². The molecule has 2 N–H and O–H groups in total. The highest BCUT2D eigenvalue weighted by atomic mass is 16.3. The fourth-order valence-corrected chi connectivity index (χ4v) is 2.16. The quantitative estimate of drug-likeness (QED) is 0.797. The zero-order chi connectivity index (χ0) is 15.3. The van der Waals surface area contributed by atoms with Crippen molar-refractivity contribution in [3.8, 4) is 0 Å². The average molecular weight is 285 g/mol. The Labute approximate surface area is 121 Å². The van der Waals surface area contributed by atoms with Gasteiger partial charge in [0.2, 0.25) is 5.91 Å². The van der Waals surface area contributed by atoms with Crippen LogP contribution in [-0.4, -0.2) is 66.2 Å². The number of likely N-dealkylation sites (tertiary alicyclic amines) is 1. The molecule has 1 saturated heterocycles. The fourth-order valence-electron chi connectivity index (χ4n) is 2.16. The van der Waals surface area contributed by atoms with Gasteiger partial charge in [0.1, 0.15) is 0 Å². The van der Waals surface area contributed by atoms with E-state index in [1.807, 2.05) is 6.92 Å². The Balaban J connectivity index is 2.38. The van der Waals surface area contributed by atoms with E-state index in [1.54, 1.807) is 30.8 Å². The molecule has 0 aromatic carbocycles. The molecule has 116 valence electrons. The molecule has 1 atom stereocenters. The number of nitrogens with zero attached hydrogens (tertiary/aromatic N) is 2. The average Bonchev–Trinajstić information content (AvgIpc) is 2.44. The monoisotopic (exact) mass is 285 g/mol. The van der Waals surface area contributed by atoms with Crippen LogP contribution in [-0.2, 0) is 4.79 Å². The number of nitrogens with one attached hydrogen (secondary N) is 1. The Morgan fingerprint density at radius 3 is 2.35 bits per heavy atom. The summed E-state index contributed by atoms with van der Waals surface area (Å²) in [6, 6.07) is -0.00206. The molecule has 20 heavy (non-hydrogen) atoms.